The lowest BCUT2D eigenvalue weighted by Crippen LogP contribution is -2.37. The van der Waals surface area contributed by atoms with E-state index in [2.05, 4.69) is 28.3 Å². The van der Waals surface area contributed by atoms with Gasteiger partial charge in [0.1, 0.15) is 24.4 Å². The summed E-state index contributed by atoms with van der Waals surface area (Å²) in [6.07, 6.45) is 1.81. The van der Waals surface area contributed by atoms with Crippen LogP contribution in [0.25, 0.3) is 22.4 Å². The van der Waals surface area contributed by atoms with E-state index in [1.807, 2.05) is 30.6 Å². The number of imidazole rings is 1. The third kappa shape index (κ3) is 4.73. The van der Waals surface area contributed by atoms with Crippen molar-refractivity contribution in [3.05, 3.63) is 36.2 Å². The summed E-state index contributed by atoms with van der Waals surface area (Å²) >= 11 is 0. The average Bonchev–Trinajstić information content (AvgIpc) is 3.23. The lowest BCUT2D eigenvalue weighted by atomic mass is 10.1. The first-order valence-electron chi connectivity index (χ1n) is 10.4. The molecule has 1 saturated heterocycles. The van der Waals surface area contributed by atoms with Gasteiger partial charge in [-0.15, -0.1) is 0 Å². The predicted octanol–water partition coefficient (Wildman–Crippen LogP) is 1.99. The Morgan fingerprint density at radius 3 is 2.81 bits per heavy atom. The molecule has 0 atom stereocenters. The van der Waals surface area contributed by atoms with Crippen LogP contribution in [0.3, 0.4) is 0 Å². The Balaban J connectivity index is 1.72. The summed E-state index contributed by atoms with van der Waals surface area (Å²) in [4.78, 5) is 27.7. The molecular formula is C22H27N5O4. The third-order valence-corrected chi connectivity index (χ3v) is 5.17. The Bertz CT molecular complexity index is 1060. The SMILES string of the molecule is CC(C)n1cnc2c(-c3cccc(COCC(=O)CO)c3)nc(N3CCOCC3)nc21. The minimum Gasteiger partial charge on any atom is -0.388 e. The predicted molar refractivity (Wildman–Crippen MR) is 116 cm³/mol. The molecule has 1 aliphatic heterocycles. The zero-order valence-electron chi connectivity index (χ0n) is 17.8. The third-order valence-electron chi connectivity index (χ3n) is 5.17. The minimum absolute atomic E-state index is 0.113. The van der Waals surface area contributed by atoms with Crippen LogP contribution in [0.15, 0.2) is 30.6 Å². The fourth-order valence-electron chi connectivity index (χ4n) is 3.53. The van der Waals surface area contributed by atoms with Crippen LogP contribution in [0.1, 0.15) is 25.5 Å². The summed E-state index contributed by atoms with van der Waals surface area (Å²) in [5.41, 5.74) is 4.13. The number of ketones is 1. The summed E-state index contributed by atoms with van der Waals surface area (Å²) in [6, 6.07) is 8.06. The van der Waals surface area contributed by atoms with E-state index in [1.165, 1.54) is 0 Å². The summed E-state index contributed by atoms with van der Waals surface area (Å²) in [7, 11) is 0. The van der Waals surface area contributed by atoms with E-state index in [-0.39, 0.29) is 25.0 Å². The molecule has 4 rings (SSSR count). The Morgan fingerprint density at radius 1 is 1.26 bits per heavy atom. The minimum atomic E-state index is -0.512. The van der Waals surface area contributed by atoms with E-state index in [9.17, 15) is 4.79 Å². The number of rotatable bonds is 8. The van der Waals surface area contributed by atoms with Crippen LogP contribution >= 0.6 is 0 Å². The van der Waals surface area contributed by atoms with Gasteiger partial charge >= 0.3 is 0 Å². The van der Waals surface area contributed by atoms with Gasteiger partial charge in [0.15, 0.2) is 11.4 Å². The zero-order chi connectivity index (χ0) is 21.8. The molecular weight excluding hydrogens is 398 g/mol. The molecule has 9 nitrogen and oxygen atoms in total. The van der Waals surface area contributed by atoms with Crippen molar-refractivity contribution in [2.45, 2.75) is 26.5 Å². The zero-order valence-corrected chi connectivity index (χ0v) is 17.8. The maximum atomic E-state index is 11.3. The van der Waals surface area contributed by atoms with Crippen LogP contribution in [0, 0.1) is 0 Å². The van der Waals surface area contributed by atoms with Gasteiger partial charge in [-0.3, -0.25) is 4.79 Å². The van der Waals surface area contributed by atoms with Gasteiger partial charge in [0.05, 0.1) is 26.1 Å². The first-order valence-corrected chi connectivity index (χ1v) is 10.4. The van der Waals surface area contributed by atoms with Gasteiger partial charge in [0.25, 0.3) is 0 Å². The number of aromatic nitrogens is 4. The van der Waals surface area contributed by atoms with Gasteiger partial charge in [0, 0.05) is 24.7 Å². The van der Waals surface area contributed by atoms with E-state index in [4.69, 9.17) is 24.5 Å². The van der Waals surface area contributed by atoms with E-state index >= 15 is 0 Å². The van der Waals surface area contributed by atoms with Crippen molar-refractivity contribution in [3.63, 3.8) is 0 Å². The molecule has 0 unspecified atom stereocenters. The van der Waals surface area contributed by atoms with Crippen molar-refractivity contribution in [1.29, 1.82) is 0 Å². The second kappa shape index (κ2) is 9.51. The van der Waals surface area contributed by atoms with Crippen molar-refractivity contribution < 1.29 is 19.4 Å². The second-order valence-electron chi connectivity index (χ2n) is 7.78. The van der Waals surface area contributed by atoms with Crippen molar-refractivity contribution in [2.24, 2.45) is 0 Å². The molecule has 0 saturated carbocycles. The number of fused-ring (bicyclic) bond motifs is 1. The molecule has 0 radical (unpaired) electrons. The molecule has 164 valence electrons. The Labute approximate surface area is 180 Å². The van der Waals surface area contributed by atoms with Gasteiger partial charge in [0.2, 0.25) is 5.95 Å². The van der Waals surface area contributed by atoms with Crippen molar-refractivity contribution >= 4 is 22.9 Å². The first kappa shape index (κ1) is 21.4. The highest BCUT2D eigenvalue weighted by atomic mass is 16.5. The molecule has 3 heterocycles. The van der Waals surface area contributed by atoms with Gasteiger partial charge in [-0.2, -0.15) is 4.98 Å². The van der Waals surface area contributed by atoms with Crippen LogP contribution in [0.5, 0.6) is 0 Å². The summed E-state index contributed by atoms with van der Waals surface area (Å²) < 4.78 is 13.0. The number of aliphatic hydroxyl groups is 1. The Morgan fingerprint density at radius 2 is 2.06 bits per heavy atom. The Kier molecular flexibility index (Phi) is 6.55. The largest absolute Gasteiger partial charge is 0.388 e. The lowest BCUT2D eigenvalue weighted by molar-refractivity contribution is -0.126. The molecule has 3 aromatic rings. The molecule has 0 spiro atoms. The molecule has 0 aliphatic carbocycles. The number of benzene rings is 1. The van der Waals surface area contributed by atoms with Crippen LogP contribution in [0.2, 0.25) is 0 Å². The van der Waals surface area contributed by atoms with Crippen molar-refractivity contribution in [1.82, 2.24) is 19.5 Å². The highest BCUT2D eigenvalue weighted by Gasteiger charge is 2.21. The molecule has 1 fully saturated rings. The normalized spacial score (nSPS) is 14.5. The molecule has 1 N–H and O–H groups in total. The second-order valence-corrected chi connectivity index (χ2v) is 7.78. The monoisotopic (exact) mass is 425 g/mol. The smallest absolute Gasteiger partial charge is 0.228 e. The van der Waals surface area contributed by atoms with Crippen LogP contribution in [-0.2, 0) is 20.9 Å². The van der Waals surface area contributed by atoms with Crippen LogP contribution < -0.4 is 4.90 Å². The number of hydrogen-bond acceptors (Lipinski definition) is 8. The molecule has 1 aliphatic rings. The molecule has 9 heteroatoms. The Hall–Kier alpha value is -2.88. The number of anilines is 1. The number of hydrogen-bond donors (Lipinski definition) is 1. The highest BCUT2D eigenvalue weighted by molar-refractivity contribution is 5.88. The standard InChI is InChI=1S/C22H27N5O4/c1-15(2)27-14-23-20-19(24-22(25-21(20)27)26-6-8-30-9-7-26)17-5-3-4-16(10-17)12-31-13-18(29)11-28/h3-5,10,14-15,28H,6-9,11-13H2,1-2H3. The van der Waals surface area contributed by atoms with Gasteiger partial charge in [-0.25, -0.2) is 9.97 Å². The van der Waals surface area contributed by atoms with Gasteiger partial charge in [-0.05, 0) is 25.5 Å². The highest BCUT2D eigenvalue weighted by Crippen LogP contribution is 2.29. The van der Waals surface area contributed by atoms with E-state index < -0.39 is 6.61 Å². The number of carbonyl (C=O) groups excluding carboxylic acids is 1. The molecule has 0 bridgehead atoms. The fraction of sp³-hybridized carbons (Fsp3) is 0.455. The van der Waals surface area contributed by atoms with Crippen LogP contribution in [0.4, 0.5) is 5.95 Å². The van der Waals surface area contributed by atoms with Gasteiger partial charge in [-0.1, -0.05) is 18.2 Å². The molecule has 31 heavy (non-hydrogen) atoms. The fourth-order valence-corrected chi connectivity index (χ4v) is 3.53. The van der Waals surface area contributed by atoms with Crippen molar-refractivity contribution in [2.75, 3.05) is 44.4 Å². The van der Waals surface area contributed by atoms with Crippen molar-refractivity contribution in [3.8, 4) is 11.3 Å². The van der Waals surface area contributed by atoms with E-state index in [0.29, 0.717) is 19.2 Å². The molecule has 2 aromatic heterocycles. The topological polar surface area (TPSA) is 103 Å². The molecule has 1 aromatic carbocycles. The summed E-state index contributed by atoms with van der Waals surface area (Å²) in [6.45, 7) is 6.64. The van der Waals surface area contributed by atoms with Crippen LogP contribution in [-0.4, -0.2) is 69.9 Å². The maximum Gasteiger partial charge on any atom is 0.228 e. The van der Waals surface area contributed by atoms with E-state index in [0.717, 1.165) is 41.1 Å². The summed E-state index contributed by atoms with van der Waals surface area (Å²) in [5, 5.41) is 8.84. The summed E-state index contributed by atoms with van der Waals surface area (Å²) in [5.74, 6) is 0.325. The maximum absolute atomic E-state index is 11.3. The lowest BCUT2D eigenvalue weighted by Gasteiger charge is -2.27. The number of morpholine rings is 1. The number of aliphatic hydroxyl groups excluding tert-OH is 1. The number of Topliss-reactive ketones (excluding diaryl/α,β-unsaturated/α-hetero) is 1. The average molecular weight is 425 g/mol. The number of nitrogens with zero attached hydrogens (tertiary/aromatic N) is 5. The number of ether oxygens (including phenoxy) is 2. The molecule has 0 amide bonds. The first-order chi connectivity index (χ1) is 15.1. The van der Waals surface area contributed by atoms with E-state index in [1.54, 1.807) is 0 Å². The van der Waals surface area contributed by atoms with Gasteiger partial charge < -0.3 is 24.0 Å². The number of carbonyl (C=O) groups is 1. The quantitative estimate of drug-likeness (QED) is 0.585.